The van der Waals surface area contributed by atoms with Crippen molar-refractivity contribution >= 4 is 20.9 Å². The van der Waals surface area contributed by atoms with Gasteiger partial charge in [0.2, 0.25) is 0 Å². The molecule has 0 radical (unpaired) electrons. The maximum Gasteiger partial charge on any atom is 0.175 e. The second kappa shape index (κ2) is 5.07. The van der Waals surface area contributed by atoms with Crippen molar-refractivity contribution in [2.45, 2.75) is 24.2 Å². The van der Waals surface area contributed by atoms with Crippen LogP contribution in [-0.2, 0) is 16.3 Å². The van der Waals surface area contributed by atoms with Gasteiger partial charge in [-0.15, -0.1) is 0 Å². The van der Waals surface area contributed by atoms with Gasteiger partial charge in [0, 0.05) is 12.7 Å². The van der Waals surface area contributed by atoms with Crippen LogP contribution < -0.4 is 5.73 Å². The molecule has 0 atom stereocenters. The number of benzene rings is 1. The zero-order valence-corrected chi connectivity index (χ0v) is 11.1. The Morgan fingerprint density at radius 1 is 1.33 bits per heavy atom. The molecule has 1 aromatic heterocycles. The van der Waals surface area contributed by atoms with E-state index in [0.717, 1.165) is 36.1 Å². The minimum absolute atomic E-state index is 0.312. The zero-order chi connectivity index (χ0) is 13.2. The summed E-state index contributed by atoms with van der Waals surface area (Å²) in [6.45, 7) is 0.679. The molecule has 1 aromatic carbocycles. The van der Waals surface area contributed by atoms with Crippen LogP contribution in [0.1, 0.15) is 18.7 Å². The summed E-state index contributed by atoms with van der Waals surface area (Å²) in [6, 6.07) is 4.95. The number of hydrogen-bond donors (Lipinski definition) is 2. The van der Waals surface area contributed by atoms with E-state index in [1.54, 1.807) is 18.2 Å². The predicted molar refractivity (Wildman–Crippen MR) is 71.2 cm³/mol. The van der Waals surface area contributed by atoms with Gasteiger partial charge in [0.05, 0.1) is 15.9 Å². The number of H-pyrrole nitrogens is 1. The van der Waals surface area contributed by atoms with E-state index in [2.05, 4.69) is 9.97 Å². The molecular weight excluding hydrogens is 250 g/mol. The van der Waals surface area contributed by atoms with Crippen molar-refractivity contribution in [1.82, 2.24) is 9.97 Å². The highest BCUT2D eigenvalue weighted by Crippen LogP contribution is 2.17. The molecular formula is C12H17N3O2S. The summed E-state index contributed by atoms with van der Waals surface area (Å²) in [7, 11) is -3.17. The molecule has 0 aliphatic heterocycles. The third kappa shape index (κ3) is 2.88. The number of fused-ring (bicyclic) bond motifs is 1. The predicted octanol–water partition coefficient (Wildman–Crippen LogP) is 1.25. The number of hydrogen-bond acceptors (Lipinski definition) is 4. The molecule has 0 saturated carbocycles. The number of aromatic amines is 1. The van der Waals surface area contributed by atoms with Gasteiger partial charge in [0.15, 0.2) is 9.84 Å². The number of rotatable bonds is 5. The van der Waals surface area contributed by atoms with Crippen LogP contribution >= 0.6 is 0 Å². The number of sulfone groups is 1. The highest BCUT2D eigenvalue weighted by molar-refractivity contribution is 7.90. The highest BCUT2D eigenvalue weighted by atomic mass is 32.2. The quantitative estimate of drug-likeness (QED) is 0.798. The SMILES string of the molecule is CS(=O)(=O)c1ccc2nc(CCCCN)[nH]c2c1. The smallest absolute Gasteiger partial charge is 0.175 e. The van der Waals surface area contributed by atoms with Gasteiger partial charge in [0.1, 0.15) is 5.82 Å². The van der Waals surface area contributed by atoms with E-state index in [4.69, 9.17) is 5.73 Å². The van der Waals surface area contributed by atoms with Gasteiger partial charge in [-0.3, -0.25) is 0 Å². The van der Waals surface area contributed by atoms with Gasteiger partial charge in [-0.1, -0.05) is 0 Å². The average molecular weight is 267 g/mol. The Balaban J connectivity index is 2.28. The lowest BCUT2D eigenvalue weighted by atomic mass is 10.2. The Morgan fingerprint density at radius 2 is 2.11 bits per heavy atom. The summed E-state index contributed by atoms with van der Waals surface area (Å²) in [5.74, 6) is 0.879. The monoisotopic (exact) mass is 267 g/mol. The standard InChI is InChI=1S/C12H17N3O2S/c1-18(16,17)9-5-6-10-11(8-9)15-12(14-10)4-2-3-7-13/h5-6,8H,2-4,7,13H2,1H3,(H,14,15). The fourth-order valence-corrected chi connectivity index (χ4v) is 2.47. The summed E-state index contributed by atoms with van der Waals surface area (Å²) in [6.07, 6.45) is 3.98. The Bertz CT molecular complexity index is 646. The van der Waals surface area contributed by atoms with Crippen molar-refractivity contribution in [3.8, 4) is 0 Å². The first kappa shape index (κ1) is 13.0. The van der Waals surface area contributed by atoms with Crippen LogP contribution in [0.3, 0.4) is 0 Å². The number of imidazole rings is 1. The maximum atomic E-state index is 11.4. The first-order valence-electron chi connectivity index (χ1n) is 5.89. The van der Waals surface area contributed by atoms with E-state index in [-0.39, 0.29) is 0 Å². The lowest BCUT2D eigenvalue weighted by molar-refractivity contribution is 0.602. The maximum absolute atomic E-state index is 11.4. The van der Waals surface area contributed by atoms with Gasteiger partial charge in [-0.05, 0) is 37.6 Å². The minimum atomic E-state index is -3.17. The van der Waals surface area contributed by atoms with E-state index in [0.29, 0.717) is 11.4 Å². The topological polar surface area (TPSA) is 88.8 Å². The van der Waals surface area contributed by atoms with Crippen LogP contribution in [0.5, 0.6) is 0 Å². The molecule has 0 bridgehead atoms. The van der Waals surface area contributed by atoms with E-state index < -0.39 is 9.84 Å². The summed E-state index contributed by atoms with van der Waals surface area (Å²) >= 11 is 0. The first-order valence-corrected chi connectivity index (χ1v) is 7.78. The molecule has 5 nitrogen and oxygen atoms in total. The molecule has 98 valence electrons. The van der Waals surface area contributed by atoms with E-state index in [1.807, 2.05) is 0 Å². The minimum Gasteiger partial charge on any atom is -0.342 e. The summed E-state index contributed by atoms with van der Waals surface area (Å²) in [5.41, 5.74) is 7.00. The Morgan fingerprint density at radius 3 is 2.78 bits per heavy atom. The number of unbranched alkanes of at least 4 members (excludes halogenated alkanes) is 1. The van der Waals surface area contributed by atoms with Crippen LogP contribution in [0.15, 0.2) is 23.1 Å². The van der Waals surface area contributed by atoms with Crippen LogP contribution in [0.2, 0.25) is 0 Å². The number of nitrogens with two attached hydrogens (primary N) is 1. The summed E-state index contributed by atoms with van der Waals surface area (Å²) in [5, 5.41) is 0. The van der Waals surface area contributed by atoms with Crippen molar-refractivity contribution in [2.24, 2.45) is 5.73 Å². The molecule has 6 heteroatoms. The average Bonchev–Trinajstić information content (AvgIpc) is 2.69. The molecule has 0 unspecified atom stereocenters. The van der Waals surface area contributed by atoms with Crippen LogP contribution in [0, 0.1) is 0 Å². The zero-order valence-electron chi connectivity index (χ0n) is 10.3. The van der Waals surface area contributed by atoms with Crippen molar-refractivity contribution in [3.05, 3.63) is 24.0 Å². The summed E-state index contributed by atoms with van der Waals surface area (Å²) < 4.78 is 22.9. The molecule has 0 aliphatic carbocycles. The molecule has 3 N–H and O–H groups in total. The molecule has 0 saturated heterocycles. The van der Waals surface area contributed by atoms with Gasteiger partial charge >= 0.3 is 0 Å². The van der Waals surface area contributed by atoms with Crippen LogP contribution in [-0.4, -0.2) is 31.2 Å². The second-order valence-corrected chi connectivity index (χ2v) is 6.40. The lowest BCUT2D eigenvalue weighted by Crippen LogP contribution is -1.99. The molecule has 1 heterocycles. The number of aromatic nitrogens is 2. The van der Waals surface area contributed by atoms with Gasteiger partial charge in [0.25, 0.3) is 0 Å². The van der Waals surface area contributed by atoms with Gasteiger partial charge in [-0.25, -0.2) is 13.4 Å². The van der Waals surface area contributed by atoms with Crippen LogP contribution in [0.25, 0.3) is 11.0 Å². The number of nitrogens with zero attached hydrogens (tertiary/aromatic N) is 1. The molecule has 2 rings (SSSR count). The Hall–Kier alpha value is -1.40. The molecule has 18 heavy (non-hydrogen) atoms. The Kier molecular flexibility index (Phi) is 3.68. The van der Waals surface area contributed by atoms with Crippen LogP contribution in [0.4, 0.5) is 0 Å². The molecule has 0 aliphatic rings. The fraction of sp³-hybridized carbons (Fsp3) is 0.417. The number of aryl methyl sites for hydroxylation is 1. The van der Waals surface area contributed by atoms with Gasteiger partial charge in [-0.2, -0.15) is 0 Å². The third-order valence-corrected chi connectivity index (χ3v) is 3.91. The molecule has 0 fully saturated rings. The molecule has 0 amide bonds. The Labute approximate surface area is 106 Å². The number of nitrogens with one attached hydrogen (secondary N) is 1. The molecule has 0 spiro atoms. The third-order valence-electron chi connectivity index (χ3n) is 2.80. The van der Waals surface area contributed by atoms with Crippen molar-refractivity contribution in [3.63, 3.8) is 0 Å². The largest absolute Gasteiger partial charge is 0.342 e. The first-order chi connectivity index (χ1) is 8.50. The lowest BCUT2D eigenvalue weighted by Gasteiger charge is -1.96. The second-order valence-electron chi connectivity index (χ2n) is 4.38. The van der Waals surface area contributed by atoms with E-state index in [9.17, 15) is 8.42 Å². The normalized spacial score (nSPS) is 12.1. The van der Waals surface area contributed by atoms with E-state index >= 15 is 0 Å². The van der Waals surface area contributed by atoms with Crippen molar-refractivity contribution in [2.75, 3.05) is 12.8 Å². The van der Waals surface area contributed by atoms with E-state index in [1.165, 1.54) is 6.26 Å². The van der Waals surface area contributed by atoms with Crippen molar-refractivity contribution in [1.29, 1.82) is 0 Å². The fourth-order valence-electron chi connectivity index (χ4n) is 1.83. The highest BCUT2D eigenvalue weighted by Gasteiger charge is 2.09. The van der Waals surface area contributed by atoms with Crippen molar-refractivity contribution < 1.29 is 8.42 Å². The molecule has 2 aromatic rings. The summed E-state index contributed by atoms with van der Waals surface area (Å²) in [4.78, 5) is 7.88. The van der Waals surface area contributed by atoms with Gasteiger partial charge < -0.3 is 10.7 Å².